The Morgan fingerprint density at radius 3 is 2.26 bits per heavy atom. The summed E-state index contributed by atoms with van der Waals surface area (Å²) in [7, 11) is 0. The van der Waals surface area contributed by atoms with E-state index in [0.29, 0.717) is 40.6 Å². The number of benzene rings is 2. The Balaban J connectivity index is 1.32. The summed E-state index contributed by atoms with van der Waals surface area (Å²) >= 11 is 0. The molecule has 178 valence electrons. The number of nitrogens with zero attached hydrogens (tertiary/aromatic N) is 2. The highest BCUT2D eigenvalue weighted by molar-refractivity contribution is 6.00. The molecule has 2 amide bonds. The number of fused-ring (bicyclic) bond motifs is 1. The maximum absolute atomic E-state index is 12.3. The summed E-state index contributed by atoms with van der Waals surface area (Å²) in [5, 5.41) is 5.43. The third-order valence-electron chi connectivity index (χ3n) is 5.03. The molecule has 9 heteroatoms. The van der Waals surface area contributed by atoms with Gasteiger partial charge in [0.15, 0.2) is 0 Å². The Hall–Kier alpha value is -4.66. The number of ether oxygens (including phenoxy) is 2. The van der Waals surface area contributed by atoms with E-state index in [9.17, 15) is 14.4 Å². The first kappa shape index (κ1) is 23.5. The fourth-order valence-electron chi connectivity index (χ4n) is 3.32. The number of carbonyl (C=O) groups is 2. The summed E-state index contributed by atoms with van der Waals surface area (Å²) in [6, 6.07) is 17.9. The first-order valence-corrected chi connectivity index (χ1v) is 11.0. The van der Waals surface area contributed by atoms with Crippen molar-refractivity contribution in [3.05, 3.63) is 100 Å². The van der Waals surface area contributed by atoms with Crippen molar-refractivity contribution in [2.24, 2.45) is 0 Å². The quantitative estimate of drug-likeness (QED) is 0.386. The minimum Gasteiger partial charge on any atom is -0.487 e. The van der Waals surface area contributed by atoms with Crippen molar-refractivity contribution in [1.29, 1.82) is 0 Å². The van der Waals surface area contributed by atoms with E-state index in [0.717, 1.165) is 5.56 Å². The van der Waals surface area contributed by atoms with E-state index in [1.54, 1.807) is 61.7 Å². The van der Waals surface area contributed by atoms with E-state index in [4.69, 9.17) is 9.47 Å². The van der Waals surface area contributed by atoms with E-state index in [1.165, 1.54) is 10.5 Å². The first-order valence-electron chi connectivity index (χ1n) is 11.0. The van der Waals surface area contributed by atoms with Crippen LogP contribution >= 0.6 is 0 Å². The largest absolute Gasteiger partial charge is 0.487 e. The maximum Gasteiger partial charge on any atom is 0.338 e. The number of aryl methyl sites for hydroxylation is 1. The number of esters is 1. The maximum atomic E-state index is 12.3. The monoisotopic (exact) mass is 472 g/mol. The summed E-state index contributed by atoms with van der Waals surface area (Å²) < 4.78 is 12.2. The van der Waals surface area contributed by atoms with Gasteiger partial charge in [-0.1, -0.05) is 0 Å². The van der Waals surface area contributed by atoms with Gasteiger partial charge in [0.2, 0.25) is 0 Å². The third kappa shape index (κ3) is 6.02. The number of pyridine rings is 1. The minimum absolute atomic E-state index is 0.134. The molecule has 2 aromatic carbocycles. The second kappa shape index (κ2) is 10.5. The van der Waals surface area contributed by atoms with Crippen LogP contribution in [0.4, 0.5) is 16.2 Å². The molecule has 4 aromatic rings. The van der Waals surface area contributed by atoms with Crippen LogP contribution in [0.15, 0.2) is 77.7 Å². The average Bonchev–Trinajstić information content (AvgIpc) is 2.84. The van der Waals surface area contributed by atoms with E-state index in [2.05, 4.69) is 15.6 Å². The summed E-state index contributed by atoms with van der Waals surface area (Å²) in [6.45, 7) is 4.11. The highest BCUT2D eigenvalue weighted by atomic mass is 16.5. The van der Waals surface area contributed by atoms with Crippen LogP contribution in [0.5, 0.6) is 5.75 Å². The van der Waals surface area contributed by atoms with E-state index < -0.39 is 12.0 Å². The third-order valence-corrected chi connectivity index (χ3v) is 5.03. The van der Waals surface area contributed by atoms with Crippen molar-refractivity contribution in [2.45, 2.75) is 20.5 Å². The van der Waals surface area contributed by atoms with Crippen molar-refractivity contribution < 1.29 is 19.1 Å². The molecule has 9 nitrogen and oxygen atoms in total. The number of anilines is 2. The SMILES string of the molecule is CCOC(=O)c1ccc(NC(=O)Nc2ccc(OCc3cc(=O)n4ccc(C)cc4n3)cc2)cc1. The molecule has 4 rings (SSSR count). The number of urea groups is 1. The molecule has 2 N–H and O–H groups in total. The average molecular weight is 473 g/mol. The fourth-order valence-corrected chi connectivity index (χ4v) is 3.32. The van der Waals surface area contributed by atoms with Crippen LogP contribution in [0.1, 0.15) is 28.5 Å². The fraction of sp³-hybridized carbons (Fsp3) is 0.154. The number of aromatic nitrogens is 2. The lowest BCUT2D eigenvalue weighted by atomic mass is 10.2. The molecule has 0 spiro atoms. The molecule has 35 heavy (non-hydrogen) atoms. The first-order chi connectivity index (χ1) is 16.9. The second-order valence-electron chi connectivity index (χ2n) is 7.71. The van der Waals surface area contributed by atoms with Crippen molar-refractivity contribution in [1.82, 2.24) is 9.38 Å². The van der Waals surface area contributed by atoms with Crippen molar-refractivity contribution in [3.63, 3.8) is 0 Å². The molecule has 0 unspecified atom stereocenters. The Morgan fingerprint density at radius 1 is 0.943 bits per heavy atom. The van der Waals surface area contributed by atoms with Gasteiger partial charge in [0.1, 0.15) is 18.0 Å². The zero-order valence-electron chi connectivity index (χ0n) is 19.3. The topological polar surface area (TPSA) is 111 Å². The van der Waals surface area contributed by atoms with Gasteiger partial charge >= 0.3 is 12.0 Å². The van der Waals surface area contributed by atoms with Gasteiger partial charge < -0.3 is 20.1 Å². The molecule has 0 radical (unpaired) electrons. The van der Waals surface area contributed by atoms with Crippen LogP contribution in [-0.4, -0.2) is 28.0 Å². The normalized spacial score (nSPS) is 10.6. The molecule has 0 fully saturated rings. The van der Waals surface area contributed by atoms with Gasteiger partial charge in [-0.3, -0.25) is 9.20 Å². The molecule has 0 aliphatic carbocycles. The highest BCUT2D eigenvalue weighted by Gasteiger charge is 2.08. The lowest BCUT2D eigenvalue weighted by molar-refractivity contribution is 0.0526. The number of hydrogen-bond acceptors (Lipinski definition) is 6. The lowest BCUT2D eigenvalue weighted by Gasteiger charge is -2.10. The number of hydrogen-bond donors (Lipinski definition) is 2. The number of amides is 2. The van der Waals surface area contributed by atoms with Crippen LogP contribution < -0.4 is 20.9 Å². The number of rotatable bonds is 7. The summed E-state index contributed by atoms with van der Waals surface area (Å²) in [5.41, 5.74) is 3.44. The predicted molar refractivity (Wildman–Crippen MR) is 132 cm³/mol. The Kier molecular flexibility index (Phi) is 7.06. The van der Waals surface area contributed by atoms with E-state index in [1.807, 2.05) is 19.1 Å². The molecule has 0 saturated heterocycles. The van der Waals surface area contributed by atoms with E-state index >= 15 is 0 Å². The van der Waals surface area contributed by atoms with Gasteiger partial charge in [0, 0.05) is 23.6 Å². The van der Waals surface area contributed by atoms with Gasteiger partial charge in [0.05, 0.1) is 17.9 Å². The molecule has 2 aromatic heterocycles. The number of carbonyl (C=O) groups excluding carboxylic acids is 2. The summed E-state index contributed by atoms with van der Waals surface area (Å²) in [5.74, 6) is 0.154. The van der Waals surface area contributed by atoms with Gasteiger partial charge in [-0.25, -0.2) is 14.6 Å². The Bertz CT molecular complexity index is 1410. The summed E-state index contributed by atoms with van der Waals surface area (Å²) in [4.78, 5) is 40.7. The molecule has 0 saturated carbocycles. The van der Waals surface area contributed by atoms with Crippen LogP contribution in [0.2, 0.25) is 0 Å². The Labute approximate surface area is 201 Å². The zero-order valence-corrected chi connectivity index (χ0v) is 19.3. The molecule has 0 aliphatic heterocycles. The Morgan fingerprint density at radius 2 is 1.60 bits per heavy atom. The van der Waals surface area contributed by atoms with Gasteiger partial charge in [-0.05, 0) is 80.1 Å². The molecule has 0 atom stereocenters. The zero-order chi connectivity index (χ0) is 24.8. The highest BCUT2D eigenvalue weighted by Crippen LogP contribution is 2.18. The van der Waals surface area contributed by atoms with Gasteiger partial charge in [0.25, 0.3) is 5.56 Å². The van der Waals surface area contributed by atoms with Crippen LogP contribution in [0.25, 0.3) is 5.65 Å². The van der Waals surface area contributed by atoms with Gasteiger partial charge in [-0.2, -0.15) is 0 Å². The van der Waals surface area contributed by atoms with Crippen molar-refractivity contribution >= 4 is 29.0 Å². The van der Waals surface area contributed by atoms with Crippen LogP contribution in [0, 0.1) is 6.92 Å². The lowest BCUT2D eigenvalue weighted by Crippen LogP contribution is -2.19. The molecule has 0 aliphatic rings. The van der Waals surface area contributed by atoms with Crippen LogP contribution in [-0.2, 0) is 11.3 Å². The standard InChI is InChI=1S/C26H24N4O5/c1-3-34-25(32)18-4-6-19(7-5-18)28-26(33)29-20-8-10-22(11-9-20)35-16-21-15-24(31)30-13-12-17(2)14-23(30)27-21/h4-15H,3,16H2,1-2H3,(H2,28,29,33). The second-order valence-corrected chi connectivity index (χ2v) is 7.71. The minimum atomic E-state index is -0.432. The predicted octanol–water partition coefficient (Wildman–Crippen LogP) is 4.40. The molecular formula is C26H24N4O5. The molecule has 0 bridgehead atoms. The summed E-state index contributed by atoms with van der Waals surface area (Å²) in [6.07, 6.45) is 1.70. The van der Waals surface area contributed by atoms with Crippen LogP contribution in [0.3, 0.4) is 0 Å². The smallest absolute Gasteiger partial charge is 0.338 e. The van der Waals surface area contributed by atoms with Crippen molar-refractivity contribution in [3.8, 4) is 5.75 Å². The molecule has 2 heterocycles. The van der Waals surface area contributed by atoms with Gasteiger partial charge in [-0.15, -0.1) is 0 Å². The number of nitrogens with one attached hydrogen (secondary N) is 2. The van der Waals surface area contributed by atoms with Crippen molar-refractivity contribution in [2.75, 3.05) is 17.2 Å². The molecular weight excluding hydrogens is 448 g/mol. The van der Waals surface area contributed by atoms with E-state index in [-0.39, 0.29) is 12.2 Å².